The van der Waals surface area contributed by atoms with E-state index in [4.69, 9.17) is 0 Å². The van der Waals surface area contributed by atoms with E-state index in [-0.39, 0.29) is 16.6 Å². The number of carbonyl (C=O) groups is 1. The molecular weight excluding hydrogens is 220 g/mol. The molecular formula is C17H32O. The molecule has 1 nitrogen and oxygen atoms in total. The third-order valence-electron chi connectivity index (χ3n) is 3.61. The number of ketones is 1. The molecule has 106 valence electrons. The Morgan fingerprint density at radius 3 is 1.89 bits per heavy atom. The van der Waals surface area contributed by atoms with Crippen molar-refractivity contribution in [1.29, 1.82) is 0 Å². The fourth-order valence-corrected chi connectivity index (χ4v) is 1.64. The summed E-state index contributed by atoms with van der Waals surface area (Å²) >= 11 is 0. The van der Waals surface area contributed by atoms with Gasteiger partial charge in [-0.1, -0.05) is 67.4 Å². The molecule has 0 saturated carbocycles. The molecule has 0 aromatic heterocycles. The number of carbonyl (C=O) groups excluding carboxylic acids is 1. The van der Waals surface area contributed by atoms with Crippen LogP contribution in [0.15, 0.2) is 11.6 Å². The van der Waals surface area contributed by atoms with Gasteiger partial charge in [0.05, 0.1) is 0 Å². The van der Waals surface area contributed by atoms with E-state index in [0.29, 0.717) is 0 Å². The first-order valence-corrected chi connectivity index (χ1v) is 7.24. The van der Waals surface area contributed by atoms with E-state index in [1.54, 1.807) is 0 Å². The van der Waals surface area contributed by atoms with Crippen LogP contribution in [0.1, 0.15) is 74.7 Å². The summed E-state index contributed by atoms with van der Waals surface area (Å²) in [5, 5.41) is 0. The zero-order valence-electron chi connectivity index (χ0n) is 13.7. The average molecular weight is 252 g/mol. The lowest BCUT2D eigenvalue weighted by Crippen LogP contribution is -2.20. The molecule has 0 saturated heterocycles. The lowest BCUT2D eigenvalue weighted by atomic mass is 9.79. The van der Waals surface area contributed by atoms with Gasteiger partial charge in [0.1, 0.15) is 0 Å². The maximum absolute atomic E-state index is 12.2. The molecule has 0 aromatic rings. The largest absolute Gasteiger partial charge is 0.294 e. The third kappa shape index (κ3) is 6.37. The van der Waals surface area contributed by atoms with Crippen LogP contribution >= 0.6 is 0 Å². The predicted octanol–water partition coefficient (Wildman–Crippen LogP) is 5.40. The van der Waals surface area contributed by atoms with Crippen LogP contribution in [0.3, 0.4) is 0 Å². The van der Waals surface area contributed by atoms with Gasteiger partial charge in [-0.05, 0) is 30.3 Å². The standard InChI is InChI=1S/C17H32O/c1-9-13(2)10-11-14(16(3,4)5)12-15(18)17(6,7)8/h12-13H,9-11H2,1-8H3/b14-12+. The molecule has 0 rings (SSSR count). The van der Waals surface area contributed by atoms with Crippen LogP contribution in [-0.4, -0.2) is 5.78 Å². The number of rotatable bonds is 5. The summed E-state index contributed by atoms with van der Waals surface area (Å²) in [5.41, 5.74) is 1.11. The molecule has 0 N–H and O–H groups in total. The van der Waals surface area contributed by atoms with Crippen molar-refractivity contribution < 1.29 is 4.79 Å². The number of hydrogen-bond donors (Lipinski definition) is 0. The fraction of sp³-hybridized carbons (Fsp3) is 0.824. The lowest BCUT2D eigenvalue weighted by Gasteiger charge is -2.25. The second-order valence-corrected chi connectivity index (χ2v) is 7.59. The summed E-state index contributed by atoms with van der Waals surface area (Å²) in [6, 6.07) is 0. The van der Waals surface area contributed by atoms with Gasteiger partial charge in [-0.25, -0.2) is 0 Å². The Hall–Kier alpha value is -0.590. The molecule has 0 bridgehead atoms. The van der Waals surface area contributed by atoms with Crippen LogP contribution in [-0.2, 0) is 4.79 Å². The van der Waals surface area contributed by atoms with Gasteiger partial charge in [-0.2, -0.15) is 0 Å². The maximum Gasteiger partial charge on any atom is 0.160 e. The molecule has 0 spiro atoms. The van der Waals surface area contributed by atoms with Crippen LogP contribution in [0.25, 0.3) is 0 Å². The molecule has 0 aliphatic rings. The van der Waals surface area contributed by atoms with Gasteiger partial charge < -0.3 is 0 Å². The summed E-state index contributed by atoms with van der Waals surface area (Å²) in [4.78, 5) is 12.2. The van der Waals surface area contributed by atoms with Gasteiger partial charge in [0, 0.05) is 5.41 Å². The van der Waals surface area contributed by atoms with E-state index in [9.17, 15) is 4.79 Å². The average Bonchev–Trinajstić information content (AvgIpc) is 2.20. The van der Waals surface area contributed by atoms with Crippen molar-refractivity contribution in [3.8, 4) is 0 Å². The molecule has 0 aromatic carbocycles. The smallest absolute Gasteiger partial charge is 0.160 e. The minimum absolute atomic E-state index is 0.0916. The predicted molar refractivity (Wildman–Crippen MR) is 80.7 cm³/mol. The third-order valence-corrected chi connectivity index (χ3v) is 3.61. The van der Waals surface area contributed by atoms with Crippen molar-refractivity contribution in [2.24, 2.45) is 16.7 Å². The molecule has 1 unspecified atom stereocenters. The van der Waals surface area contributed by atoms with Gasteiger partial charge in [-0.3, -0.25) is 4.79 Å². The van der Waals surface area contributed by atoms with Gasteiger partial charge in [0.2, 0.25) is 0 Å². The van der Waals surface area contributed by atoms with E-state index in [1.807, 2.05) is 26.8 Å². The highest BCUT2D eigenvalue weighted by Gasteiger charge is 2.23. The van der Waals surface area contributed by atoms with Crippen LogP contribution in [0.2, 0.25) is 0 Å². The molecule has 0 amide bonds. The summed E-state index contributed by atoms with van der Waals surface area (Å²) in [7, 11) is 0. The summed E-state index contributed by atoms with van der Waals surface area (Å²) in [6.45, 7) is 17.1. The van der Waals surface area contributed by atoms with Crippen LogP contribution in [0.5, 0.6) is 0 Å². The van der Waals surface area contributed by atoms with E-state index in [2.05, 4.69) is 34.6 Å². The van der Waals surface area contributed by atoms with Crippen LogP contribution in [0, 0.1) is 16.7 Å². The molecule has 18 heavy (non-hydrogen) atoms. The van der Waals surface area contributed by atoms with Crippen molar-refractivity contribution in [3.63, 3.8) is 0 Å². The Labute approximate surface area is 114 Å². The van der Waals surface area contributed by atoms with Crippen LogP contribution < -0.4 is 0 Å². The Bertz CT molecular complexity index is 297. The van der Waals surface area contributed by atoms with E-state index in [1.165, 1.54) is 18.4 Å². The lowest BCUT2D eigenvalue weighted by molar-refractivity contribution is -0.121. The SMILES string of the molecule is CCC(C)CC/C(=C\C(=O)C(C)(C)C)C(C)(C)C. The van der Waals surface area contributed by atoms with Gasteiger partial charge in [-0.15, -0.1) is 0 Å². The van der Waals surface area contributed by atoms with Crippen LogP contribution in [0.4, 0.5) is 0 Å². The first-order chi connectivity index (χ1) is 7.98. The summed E-state index contributed by atoms with van der Waals surface area (Å²) in [6.07, 6.45) is 5.34. The Kier molecular flexibility index (Phi) is 6.33. The summed E-state index contributed by atoms with van der Waals surface area (Å²) < 4.78 is 0. The molecule has 0 radical (unpaired) electrons. The summed E-state index contributed by atoms with van der Waals surface area (Å²) in [5.74, 6) is 0.983. The fourth-order valence-electron chi connectivity index (χ4n) is 1.64. The molecule has 1 heteroatoms. The molecule has 1 atom stereocenters. The Morgan fingerprint density at radius 2 is 1.56 bits per heavy atom. The molecule has 0 aliphatic carbocycles. The highest BCUT2D eigenvalue weighted by molar-refractivity contribution is 5.94. The van der Waals surface area contributed by atoms with Crippen molar-refractivity contribution in [1.82, 2.24) is 0 Å². The molecule has 0 aliphatic heterocycles. The van der Waals surface area contributed by atoms with E-state index in [0.717, 1.165) is 12.3 Å². The molecule has 0 heterocycles. The van der Waals surface area contributed by atoms with E-state index >= 15 is 0 Å². The minimum Gasteiger partial charge on any atom is -0.294 e. The first kappa shape index (κ1) is 17.4. The maximum atomic E-state index is 12.2. The zero-order valence-corrected chi connectivity index (χ0v) is 13.7. The molecule has 0 fully saturated rings. The van der Waals surface area contributed by atoms with Gasteiger partial charge in [0.25, 0.3) is 0 Å². The number of hydrogen-bond acceptors (Lipinski definition) is 1. The zero-order chi connectivity index (χ0) is 14.6. The van der Waals surface area contributed by atoms with Crippen molar-refractivity contribution in [3.05, 3.63) is 11.6 Å². The first-order valence-electron chi connectivity index (χ1n) is 7.24. The van der Waals surface area contributed by atoms with Gasteiger partial charge >= 0.3 is 0 Å². The monoisotopic (exact) mass is 252 g/mol. The number of allylic oxidation sites excluding steroid dienone is 2. The highest BCUT2D eigenvalue weighted by Crippen LogP contribution is 2.32. The topological polar surface area (TPSA) is 17.1 Å². The second-order valence-electron chi connectivity index (χ2n) is 7.59. The quantitative estimate of drug-likeness (QED) is 0.599. The van der Waals surface area contributed by atoms with Crippen molar-refractivity contribution in [2.45, 2.75) is 74.7 Å². The van der Waals surface area contributed by atoms with Gasteiger partial charge in [0.15, 0.2) is 5.78 Å². The Balaban J connectivity index is 4.92. The van der Waals surface area contributed by atoms with Crippen molar-refractivity contribution >= 4 is 5.78 Å². The Morgan fingerprint density at radius 1 is 1.06 bits per heavy atom. The van der Waals surface area contributed by atoms with Crippen molar-refractivity contribution in [2.75, 3.05) is 0 Å². The highest BCUT2D eigenvalue weighted by atomic mass is 16.1. The van der Waals surface area contributed by atoms with E-state index < -0.39 is 0 Å². The normalized spacial score (nSPS) is 15.7. The second kappa shape index (κ2) is 6.54. The minimum atomic E-state index is -0.271.